The largest absolute Gasteiger partial charge is 0.364 e. The molecule has 0 fully saturated rings. The molecule has 1 N–H and O–H groups in total. The van der Waals surface area contributed by atoms with Gasteiger partial charge in [-0.3, -0.25) is 9.78 Å². The number of nitrogens with one attached hydrogen (secondary N) is 1. The maximum atomic E-state index is 12.7. The predicted molar refractivity (Wildman–Crippen MR) is 97.5 cm³/mol. The molecule has 0 unspecified atom stereocenters. The van der Waals surface area contributed by atoms with Crippen molar-refractivity contribution in [2.45, 2.75) is 13.5 Å². The molecule has 6 heteroatoms. The normalized spacial score (nSPS) is 10.3. The van der Waals surface area contributed by atoms with E-state index in [1.54, 1.807) is 31.1 Å². The molecule has 0 radical (unpaired) electrons. The maximum absolute atomic E-state index is 12.7. The van der Waals surface area contributed by atoms with E-state index < -0.39 is 0 Å². The van der Waals surface area contributed by atoms with Crippen LogP contribution in [0.2, 0.25) is 0 Å². The molecular weight excluding hydrogens is 314 g/mol. The lowest BCUT2D eigenvalue weighted by Crippen LogP contribution is -2.27. The molecule has 2 aromatic heterocycles. The molecule has 0 aliphatic heterocycles. The average Bonchev–Trinajstić information content (AvgIpc) is 2.66. The molecule has 3 aromatic rings. The van der Waals surface area contributed by atoms with Gasteiger partial charge in [0.1, 0.15) is 17.3 Å². The van der Waals surface area contributed by atoms with Gasteiger partial charge in [-0.15, -0.1) is 0 Å². The summed E-state index contributed by atoms with van der Waals surface area (Å²) in [6, 6.07) is 16.9. The fourth-order valence-electron chi connectivity index (χ4n) is 2.39. The third kappa shape index (κ3) is 4.17. The van der Waals surface area contributed by atoms with E-state index in [4.69, 9.17) is 0 Å². The fraction of sp³-hybridized carbons (Fsp3) is 0.158. The lowest BCUT2D eigenvalue weighted by atomic mass is 10.2. The van der Waals surface area contributed by atoms with E-state index in [9.17, 15) is 4.79 Å². The first-order valence-electron chi connectivity index (χ1n) is 7.96. The van der Waals surface area contributed by atoms with Gasteiger partial charge in [0.2, 0.25) is 0 Å². The molecule has 6 nitrogen and oxygen atoms in total. The maximum Gasteiger partial charge on any atom is 0.276 e. The number of para-hydroxylation sites is 1. The summed E-state index contributed by atoms with van der Waals surface area (Å²) in [6.07, 6.45) is 1.74. The van der Waals surface area contributed by atoms with Gasteiger partial charge in [-0.1, -0.05) is 24.3 Å². The molecule has 3 rings (SSSR count). The van der Waals surface area contributed by atoms with Crippen LogP contribution in [0.25, 0.3) is 0 Å². The van der Waals surface area contributed by atoms with Crippen LogP contribution in [0.3, 0.4) is 0 Å². The highest BCUT2D eigenvalue weighted by Gasteiger charge is 2.16. The van der Waals surface area contributed by atoms with Crippen molar-refractivity contribution in [3.63, 3.8) is 0 Å². The Balaban J connectivity index is 1.78. The van der Waals surface area contributed by atoms with E-state index in [0.717, 1.165) is 11.4 Å². The Labute approximate surface area is 146 Å². The molecule has 126 valence electrons. The van der Waals surface area contributed by atoms with Gasteiger partial charge in [-0.25, -0.2) is 9.97 Å². The third-order valence-electron chi connectivity index (χ3n) is 3.68. The van der Waals surface area contributed by atoms with Crippen molar-refractivity contribution >= 4 is 17.4 Å². The van der Waals surface area contributed by atoms with E-state index in [1.165, 1.54) is 0 Å². The van der Waals surface area contributed by atoms with E-state index >= 15 is 0 Å². The van der Waals surface area contributed by atoms with Gasteiger partial charge in [0, 0.05) is 25.0 Å². The van der Waals surface area contributed by atoms with Crippen LogP contribution < -0.4 is 10.2 Å². The minimum atomic E-state index is -0.183. The second-order valence-electron chi connectivity index (χ2n) is 5.56. The van der Waals surface area contributed by atoms with Gasteiger partial charge in [0.05, 0.1) is 12.2 Å². The van der Waals surface area contributed by atoms with E-state index in [-0.39, 0.29) is 5.91 Å². The van der Waals surface area contributed by atoms with Gasteiger partial charge < -0.3 is 10.2 Å². The molecule has 2 heterocycles. The molecule has 0 saturated carbocycles. The minimum absolute atomic E-state index is 0.183. The monoisotopic (exact) mass is 333 g/mol. The Morgan fingerprint density at radius 3 is 2.56 bits per heavy atom. The zero-order chi connectivity index (χ0) is 17.6. The summed E-state index contributed by atoms with van der Waals surface area (Å²) >= 11 is 0. The van der Waals surface area contributed by atoms with Crippen LogP contribution in [0.4, 0.5) is 11.5 Å². The summed E-state index contributed by atoms with van der Waals surface area (Å²) in [5.41, 5.74) is 2.06. The van der Waals surface area contributed by atoms with Crippen LogP contribution in [0.1, 0.15) is 22.0 Å². The summed E-state index contributed by atoms with van der Waals surface area (Å²) < 4.78 is 0. The highest BCUT2D eigenvalue weighted by atomic mass is 16.2. The van der Waals surface area contributed by atoms with Crippen LogP contribution in [-0.4, -0.2) is 27.9 Å². The molecule has 0 atom stereocenters. The number of pyridine rings is 1. The van der Waals surface area contributed by atoms with Crippen LogP contribution in [0.5, 0.6) is 0 Å². The summed E-state index contributed by atoms with van der Waals surface area (Å²) in [5.74, 6) is 0.955. The second kappa shape index (κ2) is 7.53. The number of hydrogen-bond donors (Lipinski definition) is 1. The number of carbonyl (C=O) groups is 1. The van der Waals surface area contributed by atoms with Crippen LogP contribution >= 0.6 is 0 Å². The van der Waals surface area contributed by atoms with Gasteiger partial charge in [0.25, 0.3) is 5.91 Å². The SMILES string of the molecule is Cc1nc(NCc2ccccn2)cc(C(=O)N(C)c2ccccc2)n1. The Hall–Kier alpha value is -3.28. The summed E-state index contributed by atoms with van der Waals surface area (Å²) in [7, 11) is 1.73. The number of amides is 1. The average molecular weight is 333 g/mol. The van der Waals surface area contributed by atoms with Crippen molar-refractivity contribution in [1.29, 1.82) is 0 Å². The predicted octanol–water partition coefficient (Wildman–Crippen LogP) is 3.07. The van der Waals surface area contributed by atoms with E-state index in [2.05, 4.69) is 20.3 Å². The number of rotatable bonds is 5. The highest BCUT2D eigenvalue weighted by Crippen LogP contribution is 2.16. The van der Waals surface area contributed by atoms with Crippen molar-refractivity contribution in [1.82, 2.24) is 15.0 Å². The lowest BCUT2D eigenvalue weighted by molar-refractivity contribution is 0.0988. The number of nitrogens with zero attached hydrogens (tertiary/aromatic N) is 4. The molecule has 0 aliphatic carbocycles. The van der Waals surface area contributed by atoms with Gasteiger partial charge in [-0.2, -0.15) is 0 Å². The number of carbonyl (C=O) groups excluding carboxylic acids is 1. The molecule has 25 heavy (non-hydrogen) atoms. The molecule has 0 aliphatic rings. The molecular formula is C19H19N5O. The number of benzene rings is 1. The smallest absolute Gasteiger partial charge is 0.276 e. The van der Waals surface area contributed by atoms with E-state index in [1.807, 2.05) is 48.5 Å². The first-order valence-corrected chi connectivity index (χ1v) is 7.96. The Kier molecular flexibility index (Phi) is 4.99. The standard InChI is InChI=1S/C19H19N5O/c1-14-22-17(19(25)24(2)16-9-4-3-5-10-16)12-18(23-14)21-13-15-8-6-7-11-20-15/h3-12H,13H2,1-2H3,(H,21,22,23). The van der Waals surface area contributed by atoms with Gasteiger partial charge in [-0.05, 0) is 31.2 Å². The zero-order valence-electron chi connectivity index (χ0n) is 14.2. The molecule has 0 spiro atoms. The molecule has 0 saturated heterocycles. The van der Waals surface area contributed by atoms with Crippen LogP contribution in [-0.2, 0) is 6.54 Å². The first-order chi connectivity index (χ1) is 12.1. The quantitative estimate of drug-likeness (QED) is 0.777. The first kappa shape index (κ1) is 16.6. The third-order valence-corrected chi connectivity index (χ3v) is 3.68. The summed E-state index contributed by atoms with van der Waals surface area (Å²) in [4.78, 5) is 27.2. The Bertz CT molecular complexity index is 852. The topological polar surface area (TPSA) is 71.0 Å². The van der Waals surface area contributed by atoms with Gasteiger partial charge >= 0.3 is 0 Å². The lowest BCUT2D eigenvalue weighted by Gasteiger charge is -2.17. The van der Waals surface area contributed by atoms with Crippen molar-refractivity contribution < 1.29 is 4.79 Å². The van der Waals surface area contributed by atoms with Crippen molar-refractivity contribution in [2.24, 2.45) is 0 Å². The van der Waals surface area contributed by atoms with Crippen molar-refractivity contribution in [3.05, 3.63) is 78.0 Å². The summed E-state index contributed by atoms with van der Waals surface area (Å²) in [5, 5.41) is 3.19. The van der Waals surface area contributed by atoms with E-state index in [0.29, 0.717) is 23.9 Å². The summed E-state index contributed by atoms with van der Waals surface area (Å²) in [6.45, 7) is 2.30. The van der Waals surface area contributed by atoms with Crippen LogP contribution in [0.15, 0.2) is 60.8 Å². The number of aryl methyl sites for hydroxylation is 1. The van der Waals surface area contributed by atoms with Crippen LogP contribution in [0, 0.1) is 6.92 Å². The molecule has 0 bridgehead atoms. The Morgan fingerprint density at radius 2 is 1.84 bits per heavy atom. The Morgan fingerprint density at radius 1 is 1.08 bits per heavy atom. The fourth-order valence-corrected chi connectivity index (χ4v) is 2.39. The zero-order valence-corrected chi connectivity index (χ0v) is 14.2. The molecule has 1 aromatic carbocycles. The number of anilines is 2. The van der Waals surface area contributed by atoms with Crippen molar-refractivity contribution in [2.75, 3.05) is 17.3 Å². The number of aromatic nitrogens is 3. The van der Waals surface area contributed by atoms with Gasteiger partial charge in [0.15, 0.2) is 0 Å². The minimum Gasteiger partial charge on any atom is -0.364 e. The number of hydrogen-bond acceptors (Lipinski definition) is 5. The molecule has 1 amide bonds. The van der Waals surface area contributed by atoms with Crippen molar-refractivity contribution in [3.8, 4) is 0 Å². The second-order valence-corrected chi connectivity index (χ2v) is 5.56. The highest BCUT2D eigenvalue weighted by molar-refractivity contribution is 6.04.